The predicted octanol–water partition coefficient (Wildman–Crippen LogP) is 7.99. The minimum absolute atomic E-state index is 0.141. The predicted molar refractivity (Wildman–Crippen MR) is 156 cm³/mol. The lowest BCUT2D eigenvalue weighted by Gasteiger charge is -2.15. The summed E-state index contributed by atoms with van der Waals surface area (Å²) in [5.41, 5.74) is 2.68. The minimum atomic E-state index is -0.141. The number of fused-ring (bicyclic) bond motifs is 1. The molecule has 0 bridgehead atoms. The minimum Gasteiger partial charge on any atom is -0.490 e. The van der Waals surface area contributed by atoms with Crippen molar-refractivity contribution in [3.05, 3.63) is 105 Å². The van der Waals surface area contributed by atoms with Gasteiger partial charge in [-0.1, -0.05) is 94.5 Å². The number of ether oxygens (including phenoxy) is 2. The smallest absolute Gasteiger partial charge is 0.270 e. The molecule has 1 heterocycles. The van der Waals surface area contributed by atoms with Crippen molar-refractivity contribution in [2.45, 2.75) is 13.5 Å². The summed E-state index contributed by atoms with van der Waals surface area (Å²) in [6.45, 7) is 2.86. The fraction of sp³-hybridized carbons (Fsp3) is 0.103. The third-order valence-corrected chi connectivity index (χ3v) is 7.48. The summed E-state index contributed by atoms with van der Waals surface area (Å²) in [4.78, 5) is 15.3. The van der Waals surface area contributed by atoms with E-state index in [0.29, 0.717) is 33.9 Å². The maximum atomic E-state index is 13.2. The van der Waals surface area contributed by atoms with Crippen molar-refractivity contribution in [2.75, 3.05) is 11.5 Å². The maximum Gasteiger partial charge on any atom is 0.270 e. The van der Waals surface area contributed by atoms with Gasteiger partial charge in [-0.25, -0.2) is 0 Å². The Morgan fingerprint density at radius 3 is 2.58 bits per heavy atom. The van der Waals surface area contributed by atoms with Gasteiger partial charge in [-0.15, -0.1) is 0 Å². The lowest BCUT2D eigenvalue weighted by molar-refractivity contribution is -0.113. The number of carbonyl (C=O) groups is 1. The summed E-state index contributed by atoms with van der Waals surface area (Å²) >= 11 is 10.3. The van der Waals surface area contributed by atoms with Crippen LogP contribution < -0.4 is 14.4 Å². The van der Waals surface area contributed by atoms with Crippen LogP contribution in [0.15, 0.2) is 94.3 Å². The quantitative estimate of drug-likeness (QED) is 0.165. The van der Waals surface area contributed by atoms with Crippen molar-refractivity contribution >= 4 is 72.7 Å². The molecule has 0 unspecified atom stereocenters. The molecule has 1 aliphatic rings. The van der Waals surface area contributed by atoms with Crippen LogP contribution >= 0.6 is 39.9 Å². The van der Waals surface area contributed by atoms with Gasteiger partial charge in [0.25, 0.3) is 5.91 Å². The highest BCUT2D eigenvalue weighted by atomic mass is 79.9. The zero-order chi connectivity index (χ0) is 25.1. The van der Waals surface area contributed by atoms with Crippen LogP contribution in [-0.4, -0.2) is 16.8 Å². The van der Waals surface area contributed by atoms with Gasteiger partial charge in [0.2, 0.25) is 0 Å². The summed E-state index contributed by atoms with van der Waals surface area (Å²) in [6, 6.07) is 27.7. The molecule has 1 saturated heterocycles. The Bertz CT molecular complexity index is 1500. The number of hydrogen-bond acceptors (Lipinski definition) is 5. The second-order valence-electron chi connectivity index (χ2n) is 8.06. The standard InChI is InChI=1S/C29H22BrNO3S2/c1-2-33-26-15-19(16-27-28(32)31(29(35)36-27)23-11-6-10-22(30)17-23)13-14-25(26)34-18-21-9-5-8-20-7-3-4-12-24(20)21/h3-17H,2,18H2,1H3/b27-16+. The van der Waals surface area contributed by atoms with E-state index < -0.39 is 0 Å². The van der Waals surface area contributed by atoms with Crippen molar-refractivity contribution in [2.24, 2.45) is 0 Å². The van der Waals surface area contributed by atoms with E-state index in [9.17, 15) is 4.79 Å². The molecule has 180 valence electrons. The zero-order valence-corrected chi connectivity index (χ0v) is 22.7. The maximum absolute atomic E-state index is 13.2. The van der Waals surface area contributed by atoms with Gasteiger partial charge >= 0.3 is 0 Å². The topological polar surface area (TPSA) is 38.8 Å². The molecule has 0 saturated carbocycles. The lowest BCUT2D eigenvalue weighted by atomic mass is 10.1. The number of nitrogens with zero attached hydrogens (tertiary/aromatic N) is 1. The van der Waals surface area contributed by atoms with Crippen molar-refractivity contribution in [3.63, 3.8) is 0 Å². The van der Waals surface area contributed by atoms with Gasteiger partial charge in [-0.05, 0) is 65.2 Å². The Morgan fingerprint density at radius 1 is 0.944 bits per heavy atom. The molecule has 4 nitrogen and oxygen atoms in total. The first-order valence-electron chi connectivity index (χ1n) is 11.4. The van der Waals surface area contributed by atoms with Gasteiger partial charge in [0.15, 0.2) is 15.8 Å². The summed E-state index contributed by atoms with van der Waals surface area (Å²) < 4.78 is 13.5. The number of halogens is 1. The van der Waals surface area contributed by atoms with Crippen LogP contribution in [0.3, 0.4) is 0 Å². The number of hydrogen-bond donors (Lipinski definition) is 0. The van der Waals surface area contributed by atoms with Crippen molar-refractivity contribution in [3.8, 4) is 11.5 Å². The molecule has 0 atom stereocenters. The lowest BCUT2D eigenvalue weighted by Crippen LogP contribution is -2.27. The molecular formula is C29H22BrNO3S2. The summed E-state index contributed by atoms with van der Waals surface area (Å²) in [7, 11) is 0. The number of carbonyl (C=O) groups excluding carboxylic acids is 1. The number of anilines is 1. The number of thioether (sulfide) groups is 1. The summed E-state index contributed by atoms with van der Waals surface area (Å²) in [5, 5.41) is 2.35. The van der Waals surface area contributed by atoms with Gasteiger partial charge in [0.05, 0.1) is 17.2 Å². The van der Waals surface area contributed by atoms with Crippen LogP contribution in [0.5, 0.6) is 11.5 Å². The molecule has 0 aliphatic carbocycles. The number of rotatable bonds is 7. The molecule has 0 N–H and O–H groups in total. The first-order valence-corrected chi connectivity index (χ1v) is 13.4. The Balaban J connectivity index is 1.38. The molecule has 1 amide bonds. The van der Waals surface area contributed by atoms with Crippen LogP contribution in [0.4, 0.5) is 5.69 Å². The largest absolute Gasteiger partial charge is 0.490 e. The van der Waals surface area contributed by atoms with Gasteiger partial charge in [0, 0.05) is 4.47 Å². The van der Waals surface area contributed by atoms with E-state index in [2.05, 4.69) is 40.2 Å². The van der Waals surface area contributed by atoms with E-state index >= 15 is 0 Å². The highest BCUT2D eigenvalue weighted by molar-refractivity contribution is 9.10. The average molecular weight is 577 g/mol. The van der Waals surface area contributed by atoms with E-state index in [1.165, 1.54) is 22.5 Å². The fourth-order valence-corrected chi connectivity index (χ4v) is 5.72. The summed E-state index contributed by atoms with van der Waals surface area (Å²) in [6.07, 6.45) is 1.84. The molecule has 4 aromatic rings. The molecule has 5 rings (SSSR count). The third-order valence-electron chi connectivity index (χ3n) is 5.69. The first-order chi connectivity index (χ1) is 17.5. The van der Waals surface area contributed by atoms with Gasteiger partial charge in [-0.2, -0.15) is 0 Å². The van der Waals surface area contributed by atoms with Gasteiger partial charge in [0.1, 0.15) is 6.61 Å². The van der Waals surface area contributed by atoms with Crippen LogP contribution in [-0.2, 0) is 11.4 Å². The van der Waals surface area contributed by atoms with E-state index in [4.69, 9.17) is 21.7 Å². The van der Waals surface area contributed by atoms with Gasteiger partial charge in [-0.3, -0.25) is 9.69 Å². The highest BCUT2D eigenvalue weighted by Crippen LogP contribution is 2.38. The first kappa shape index (κ1) is 24.6. The molecule has 4 aromatic carbocycles. The zero-order valence-electron chi connectivity index (χ0n) is 19.4. The fourth-order valence-electron chi connectivity index (χ4n) is 4.03. The average Bonchev–Trinajstić information content (AvgIpc) is 3.16. The number of benzene rings is 4. The van der Waals surface area contributed by atoms with E-state index in [1.807, 2.05) is 73.7 Å². The molecular weight excluding hydrogens is 554 g/mol. The van der Waals surface area contributed by atoms with E-state index in [0.717, 1.165) is 21.3 Å². The summed E-state index contributed by atoms with van der Waals surface area (Å²) in [5.74, 6) is 1.15. The Kier molecular flexibility index (Phi) is 7.41. The van der Waals surface area contributed by atoms with E-state index in [1.54, 1.807) is 4.90 Å². The SMILES string of the molecule is CCOc1cc(/C=C2/SC(=S)N(c3cccc(Br)c3)C2=O)ccc1OCc1cccc2ccccc12. The second kappa shape index (κ2) is 10.9. The van der Waals surface area contributed by atoms with Gasteiger partial charge < -0.3 is 9.47 Å². The van der Waals surface area contributed by atoms with Crippen molar-refractivity contribution in [1.29, 1.82) is 0 Å². The normalized spacial score (nSPS) is 14.6. The molecule has 1 aliphatic heterocycles. The molecule has 7 heteroatoms. The van der Waals surface area contributed by atoms with Crippen molar-refractivity contribution in [1.82, 2.24) is 0 Å². The van der Waals surface area contributed by atoms with Crippen LogP contribution in [0.2, 0.25) is 0 Å². The Hall–Kier alpha value is -3.13. The monoisotopic (exact) mass is 575 g/mol. The second-order valence-corrected chi connectivity index (χ2v) is 10.7. The molecule has 0 spiro atoms. The molecule has 0 aromatic heterocycles. The van der Waals surface area contributed by atoms with Crippen LogP contribution in [0, 0.1) is 0 Å². The highest BCUT2D eigenvalue weighted by Gasteiger charge is 2.33. The Labute approximate surface area is 228 Å². The van der Waals surface area contributed by atoms with Crippen molar-refractivity contribution < 1.29 is 14.3 Å². The molecule has 0 radical (unpaired) electrons. The third kappa shape index (κ3) is 5.19. The Morgan fingerprint density at radius 2 is 1.75 bits per heavy atom. The molecule has 1 fully saturated rings. The van der Waals surface area contributed by atoms with Crippen LogP contribution in [0.25, 0.3) is 16.8 Å². The number of thiocarbonyl (C=S) groups is 1. The number of amides is 1. The van der Waals surface area contributed by atoms with Crippen LogP contribution in [0.1, 0.15) is 18.1 Å². The van der Waals surface area contributed by atoms with E-state index in [-0.39, 0.29) is 5.91 Å². The molecule has 36 heavy (non-hydrogen) atoms.